The van der Waals surface area contributed by atoms with E-state index in [1.54, 1.807) is 37.6 Å². The number of aromatic nitrogens is 2. The Labute approximate surface area is 116 Å². The molecule has 1 amide bonds. The first kappa shape index (κ1) is 13.3. The predicted molar refractivity (Wildman–Crippen MR) is 74.2 cm³/mol. The summed E-state index contributed by atoms with van der Waals surface area (Å²) >= 11 is 5.72. The van der Waals surface area contributed by atoms with E-state index in [2.05, 4.69) is 20.6 Å². The van der Waals surface area contributed by atoms with Gasteiger partial charge in [0.25, 0.3) is 5.91 Å². The van der Waals surface area contributed by atoms with Gasteiger partial charge >= 0.3 is 0 Å². The largest absolute Gasteiger partial charge is 0.365 e. The zero-order valence-electron chi connectivity index (χ0n) is 10.4. The number of nitrogens with one attached hydrogen (secondary N) is 2. The van der Waals surface area contributed by atoms with Crippen molar-refractivity contribution in [2.45, 2.75) is 6.54 Å². The van der Waals surface area contributed by atoms with Crippen LogP contribution in [0.1, 0.15) is 15.9 Å². The van der Waals surface area contributed by atoms with E-state index in [0.29, 0.717) is 23.1 Å². The van der Waals surface area contributed by atoms with Crippen molar-refractivity contribution in [3.63, 3.8) is 0 Å². The van der Waals surface area contributed by atoms with E-state index in [4.69, 9.17) is 11.6 Å². The van der Waals surface area contributed by atoms with Crippen LogP contribution in [0.2, 0.25) is 5.15 Å². The van der Waals surface area contributed by atoms with Crippen LogP contribution >= 0.6 is 11.6 Å². The summed E-state index contributed by atoms with van der Waals surface area (Å²) in [5.41, 5.74) is 1.46. The van der Waals surface area contributed by atoms with Gasteiger partial charge in [0.15, 0.2) is 0 Å². The van der Waals surface area contributed by atoms with Gasteiger partial charge in [0.2, 0.25) is 0 Å². The molecule has 2 aromatic rings. The first-order valence-corrected chi connectivity index (χ1v) is 6.10. The standard InChI is InChI=1S/C13H13ClN4O/c1-15-13(19)10-3-2-6-16-12(10)18-8-9-4-5-11(14)17-7-9/h2-7H,8H2,1H3,(H,15,19)(H,16,18). The topological polar surface area (TPSA) is 66.9 Å². The molecule has 0 aromatic carbocycles. The van der Waals surface area contributed by atoms with Crippen molar-refractivity contribution in [3.8, 4) is 0 Å². The molecule has 0 unspecified atom stereocenters. The average Bonchev–Trinajstić information content (AvgIpc) is 2.46. The number of carbonyl (C=O) groups is 1. The molecule has 2 rings (SSSR count). The van der Waals surface area contributed by atoms with Crippen LogP contribution in [-0.2, 0) is 6.54 Å². The molecule has 0 aliphatic rings. The van der Waals surface area contributed by atoms with E-state index in [-0.39, 0.29) is 5.91 Å². The van der Waals surface area contributed by atoms with Crippen molar-refractivity contribution in [1.29, 1.82) is 0 Å². The van der Waals surface area contributed by atoms with Crippen LogP contribution in [0.5, 0.6) is 0 Å². The van der Waals surface area contributed by atoms with E-state index in [0.717, 1.165) is 5.56 Å². The second-order valence-electron chi connectivity index (χ2n) is 3.82. The molecule has 98 valence electrons. The van der Waals surface area contributed by atoms with Gasteiger partial charge in [-0.2, -0.15) is 0 Å². The number of rotatable bonds is 4. The van der Waals surface area contributed by atoms with Gasteiger partial charge < -0.3 is 10.6 Å². The summed E-state index contributed by atoms with van der Waals surface area (Å²) in [5, 5.41) is 6.14. The molecule has 0 radical (unpaired) electrons. The molecule has 0 atom stereocenters. The molecule has 0 spiro atoms. The lowest BCUT2D eigenvalue weighted by Gasteiger charge is -2.09. The van der Waals surface area contributed by atoms with Crippen molar-refractivity contribution in [2.75, 3.05) is 12.4 Å². The Bertz CT molecular complexity index is 571. The molecule has 2 aromatic heterocycles. The Kier molecular flexibility index (Phi) is 4.30. The lowest BCUT2D eigenvalue weighted by molar-refractivity contribution is 0.0963. The highest BCUT2D eigenvalue weighted by Crippen LogP contribution is 2.13. The predicted octanol–water partition coefficient (Wildman–Crippen LogP) is 2.10. The summed E-state index contributed by atoms with van der Waals surface area (Å²) in [6.45, 7) is 0.519. The van der Waals surface area contributed by atoms with Gasteiger partial charge in [0.05, 0.1) is 5.56 Å². The van der Waals surface area contributed by atoms with Gasteiger partial charge in [-0.25, -0.2) is 9.97 Å². The van der Waals surface area contributed by atoms with Crippen molar-refractivity contribution >= 4 is 23.3 Å². The molecular formula is C13H13ClN4O. The zero-order valence-corrected chi connectivity index (χ0v) is 11.1. The second kappa shape index (κ2) is 6.15. The smallest absolute Gasteiger partial charge is 0.254 e. The molecule has 0 aliphatic carbocycles. The fourth-order valence-corrected chi connectivity index (χ4v) is 1.67. The maximum Gasteiger partial charge on any atom is 0.254 e. The average molecular weight is 277 g/mol. The molecule has 0 bridgehead atoms. The second-order valence-corrected chi connectivity index (χ2v) is 4.21. The number of anilines is 1. The zero-order chi connectivity index (χ0) is 13.7. The normalized spacial score (nSPS) is 10.0. The third kappa shape index (κ3) is 3.42. The summed E-state index contributed by atoms with van der Waals surface area (Å²) < 4.78 is 0. The number of hydrogen-bond donors (Lipinski definition) is 2. The number of nitrogens with zero attached hydrogens (tertiary/aromatic N) is 2. The van der Waals surface area contributed by atoms with Crippen LogP contribution in [0.4, 0.5) is 5.82 Å². The highest BCUT2D eigenvalue weighted by Gasteiger charge is 2.09. The van der Waals surface area contributed by atoms with Gasteiger partial charge in [-0.3, -0.25) is 4.79 Å². The number of pyridine rings is 2. The highest BCUT2D eigenvalue weighted by atomic mass is 35.5. The molecule has 5 nitrogen and oxygen atoms in total. The van der Waals surface area contributed by atoms with Crippen molar-refractivity contribution in [2.24, 2.45) is 0 Å². The van der Waals surface area contributed by atoms with Crippen LogP contribution in [-0.4, -0.2) is 22.9 Å². The fraction of sp³-hybridized carbons (Fsp3) is 0.154. The summed E-state index contributed by atoms with van der Waals surface area (Å²) in [7, 11) is 1.59. The summed E-state index contributed by atoms with van der Waals surface area (Å²) in [5.74, 6) is 0.363. The molecule has 6 heteroatoms. The van der Waals surface area contributed by atoms with Gasteiger partial charge in [0, 0.05) is 26.0 Å². The quantitative estimate of drug-likeness (QED) is 0.840. The minimum atomic E-state index is -0.176. The first-order valence-electron chi connectivity index (χ1n) is 5.72. The van der Waals surface area contributed by atoms with E-state index < -0.39 is 0 Å². The maximum absolute atomic E-state index is 11.7. The lowest BCUT2D eigenvalue weighted by Crippen LogP contribution is -2.20. The molecule has 2 N–H and O–H groups in total. The Hall–Kier alpha value is -2.14. The van der Waals surface area contributed by atoms with E-state index in [9.17, 15) is 4.79 Å². The Morgan fingerprint density at radius 2 is 2.16 bits per heavy atom. The van der Waals surface area contributed by atoms with E-state index >= 15 is 0 Å². The number of hydrogen-bond acceptors (Lipinski definition) is 4. The third-order valence-corrected chi connectivity index (χ3v) is 2.75. The van der Waals surface area contributed by atoms with Crippen molar-refractivity contribution < 1.29 is 4.79 Å². The molecule has 0 saturated heterocycles. The van der Waals surface area contributed by atoms with Crippen LogP contribution < -0.4 is 10.6 Å². The van der Waals surface area contributed by atoms with Gasteiger partial charge in [0.1, 0.15) is 11.0 Å². The molecule has 0 aliphatic heterocycles. The number of halogens is 1. The van der Waals surface area contributed by atoms with Crippen molar-refractivity contribution in [1.82, 2.24) is 15.3 Å². The van der Waals surface area contributed by atoms with Gasteiger partial charge in [-0.05, 0) is 23.8 Å². The summed E-state index contributed by atoms with van der Waals surface area (Å²) in [6, 6.07) is 7.02. The van der Waals surface area contributed by atoms with Crippen LogP contribution in [0.3, 0.4) is 0 Å². The fourth-order valence-electron chi connectivity index (χ4n) is 1.56. The Morgan fingerprint density at radius 3 is 2.84 bits per heavy atom. The third-order valence-electron chi connectivity index (χ3n) is 2.53. The summed E-state index contributed by atoms with van der Waals surface area (Å²) in [4.78, 5) is 19.8. The minimum Gasteiger partial charge on any atom is -0.365 e. The molecule has 19 heavy (non-hydrogen) atoms. The number of amides is 1. The van der Waals surface area contributed by atoms with Crippen LogP contribution in [0, 0.1) is 0 Å². The van der Waals surface area contributed by atoms with E-state index in [1.165, 1.54) is 0 Å². The van der Waals surface area contributed by atoms with Gasteiger partial charge in [-0.1, -0.05) is 17.7 Å². The molecule has 0 fully saturated rings. The van der Waals surface area contributed by atoms with E-state index in [1.807, 2.05) is 6.07 Å². The Balaban J connectivity index is 2.11. The lowest BCUT2D eigenvalue weighted by atomic mass is 10.2. The SMILES string of the molecule is CNC(=O)c1cccnc1NCc1ccc(Cl)nc1. The molecular weight excluding hydrogens is 264 g/mol. The minimum absolute atomic E-state index is 0.176. The maximum atomic E-state index is 11.7. The van der Waals surface area contributed by atoms with Gasteiger partial charge in [-0.15, -0.1) is 0 Å². The summed E-state index contributed by atoms with van der Waals surface area (Å²) in [6.07, 6.45) is 3.31. The monoisotopic (exact) mass is 276 g/mol. The first-order chi connectivity index (χ1) is 9.20. The van der Waals surface area contributed by atoms with Crippen molar-refractivity contribution in [3.05, 3.63) is 52.9 Å². The molecule has 0 saturated carbocycles. The molecule has 2 heterocycles. The number of carbonyl (C=O) groups excluding carboxylic acids is 1. The van der Waals surface area contributed by atoms with Crippen LogP contribution in [0.25, 0.3) is 0 Å². The highest BCUT2D eigenvalue weighted by molar-refractivity contribution is 6.29. The Morgan fingerprint density at radius 1 is 1.32 bits per heavy atom. The van der Waals surface area contributed by atoms with Crippen LogP contribution in [0.15, 0.2) is 36.7 Å².